The van der Waals surface area contributed by atoms with E-state index in [4.69, 9.17) is 10.1 Å². The van der Waals surface area contributed by atoms with Gasteiger partial charge in [0.2, 0.25) is 0 Å². The van der Waals surface area contributed by atoms with Crippen molar-refractivity contribution in [2.45, 2.75) is 19.4 Å². The van der Waals surface area contributed by atoms with Crippen LogP contribution in [0.2, 0.25) is 0 Å². The summed E-state index contributed by atoms with van der Waals surface area (Å²) in [6.45, 7) is 3.90. The fourth-order valence-electron chi connectivity index (χ4n) is 0.672. The van der Waals surface area contributed by atoms with E-state index in [0.717, 1.165) is 4.48 Å². The third kappa shape index (κ3) is 1.15. The quantitative estimate of drug-likeness (QED) is 0.584. The van der Waals surface area contributed by atoms with Crippen molar-refractivity contribution < 1.29 is 10.1 Å². The van der Waals surface area contributed by atoms with Crippen LogP contribution in [0.25, 0.3) is 0 Å². The fraction of sp³-hybridized carbons (Fsp3) is 0.500. The van der Waals surface area contributed by atoms with E-state index < -0.39 is 0 Å². The number of nitrogens with two attached hydrogens (primary N) is 1. The van der Waals surface area contributed by atoms with Crippen LogP contribution in [0, 0.1) is 0 Å². The van der Waals surface area contributed by atoms with Gasteiger partial charge in [-0.15, -0.1) is 0 Å². The molecular formula is C6H9BrNO+. The van der Waals surface area contributed by atoms with Gasteiger partial charge in [-0.3, -0.25) is 0 Å². The molecule has 1 rings (SSSR count). The minimum atomic E-state index is -0.260. The maximum Gasteiger partial charge on any atom is 0.360 e. The molecule has 0 bridgehead atoms. The van der Waals surface area contributed by atoms with Crippen molar-refractivity contribution in [3.63, 3.8) is 0 Å². The minimum absolute atomic E-state index is 0.260. The highest BCUT2D eigenvalue weighted by atomic mass is 79.9. The number of hydrogen-bond donors (Lipinski definition) is 1. The molecule has 0 aromatic carbocycles. The molecule has 1 heterocycles. The van der Waals surface area contributed by atoms with Gasteiger partial charge in [-0.2, -0.15) is 0 Å². The van der Waals surface area contributed by atoms with Gasteiger partial charge in [0, 0.05) is 4.48 Å². The molecule has 3 heteroatoms. The Morgan fingerprint density at radius 3 is 2.33 bits per heavy atom. The molecule has 9 heavy (non-hydrogen) atoms. The third-order valence-electron chi connectivity index (χ3n) is 1.22. The zero-order chi connectivity index (χ0) is 7.07. The van der Waals surface area contributed by atoms with E-state index in [1.54, 1.807) is 6.08 Å². The monoisotopic (exact) mass is 190 g/mol. The Balaban J connectivity index is 2.89. The molecule has 0 radical (unpaired) electrons. The summed E-state index contributed by atoms with van der Waals surface area (Å²) in [6.07, 6.45) is 1.78. The predicted molar refractivity (Wildman–Crippen MR) is 39.1 cm³/mol. The Morgan fingerprint density at radius 2 is 2.22 bits per heavy atom. The third-order valence-corrected chi connectivity index (χ3v) is 2.40. The van der Waals surface area contributed by atoms with Crippen molar-refractivity contribution in [1.82, 2.24) is 0 Å². The minimum Gasteiger partial charge on any atom is -0.433 e. The van der Waals surface area contributed by atoms with Crippen molar-refractivity contribution >= 4 is 21.8 Å². The first-order chi connectivity index (χ1) is 4.02. The van der Waals surface area contributed by atoms with Gasteiger partial charge < -0.3 is 4.74 Å². The molecule has 1 aliphatic heterocycles. The average molecular weight is 191 g/mol. The normalized spacial score (nSPS) is 23.4. The maximum absolute atomic E-state index is 5.39. The second-order valence-electron chi connectivity index (χ2n) is 2.51. The van der Waals surface area contributed by atoms with Crippen LogP contribution in [0.4, 0.5) is 0 Å². The molecule has 0 unspecified atom stereocenters. The van der Waals surface area contributed by atoms with Crippen LogP contribution in [0.3, 0.4) is 0 Å². The van der Waals surface area contributed by atoms with Crippen LogP contribution in [0.5, 0.6) is 0 Å². The van der Waals surface area contributed by atoms with E-state index in [1.807, 2.05) is 13.8 Å². The Morgan fingerprint density at radius 1 is 1.67 bits per heavy atom. The molecule has 0 spiro atoms. The van der Waals surface area contributed by atoms with E-state index in [-0.39, 0.29) is 5.60 Å². The number of halogens is 1. The summed E-state index contributed by atoms with van der Waals surface area (Å²) in [5.74, 6) is 0.479. The zero-order valence-corrected chi connectivity index (χ0v) is 7.03. The number of hydrogen-bond acceptors (Lipinski definition) is 1. The summed E-state index contributed by atoms with van der Waals surface area (Å²) in [7, 11) is 0. The summed E-state index contributed by atoms with van der Waals surface area (Å²) in [6, 6.07) is 0. The predicted octanol–water partition coefficient (Wildman–Crippen LogP) is 0.232. The van der Waals surface area contributed by atoms with Crippen LogP contribution in [-0.4, -0.2) is 11.5 Å². The van der Waals surface area contributed by atoms with E-state index in [0.29, 0.717) is 5.90 Å². The zero-order valence-electron chi connectivity index (χ0n) is 5.44. The highest BCUT2D eigenvalue weighted by molar-refractivity contribution is 9.11. The fourth-order valence-corrected chi connectivity index (χ4v) is 0.978. The molecule has 0 atom stereocenters. The lowest BCUT2D eigenvalue weighted by Crippen LogP contribution is -2.40. The number of rotatable bonds is 0. The second kappa shape index (κ2) is 1.84. The van der Waals surface area contributed by atoms with Crippen LogP contribution < -0.4 is 5.41 Å². The van der Waals surface area contributed by atoms with Gasteiger partial charge >= 0.3 is 5.90 Å². The van der Waals surface area contributed by atoms with Gasteiger partial charge in [-0.25, -0.2) is 5.41 Å². The molecule has 50 valence electrons. The summed E-state index contributed by atoms with van der Waals surface area (Å²) in [5, 5.41) is 5.39. The van der Waals surface area contributed by atoms with Gasteiger partial charge in [0.25, 0.3) is 0 Å². The van der Waals surface area contributed by atoms with Gasteiger partial charge in [0.15, 0.2) is 0 Å². The first-order valence-electron chi connectivity index (χ1n) is 2.71. The highest BCUT2D eigenvalue weighted by Gasteiger charge is 2.32. The van der Waals surface area contributed by atoms with Crippen molar-refractivity contribution in [1.29, 1.82) is 0 Å². The molecule has 0 fully saturated rings. The Kier molecular flexibility index (Phi) is 1.39. The lowest BCUT2D eigenvalue weighted by molar-refractivity contribution is -0.143. The van der Waals surface area contributed by atoms with Crippen LogP contribution in [0.1, 0.15) is 13.8 Å². The van der Waals surface area contributed by atoms with Gasteiger partial charge in [-0.05, 0) is 13.8 Å². The standard InChI is InChI=1S/C6H8BrNO/c1-6(2)4(7)3-5(8)9-6/h3,8H,1-2H3/p+1. The van der Waals surface area contributed by atoms with Gasteiger partial charge in [0.05, 0.1) is 6.08 Å². The number of ether oxygens (including phenoxy) is 1. The Bertz CT molecular complexity index is 183. The largest absolute Gasteiger partial charge is 0.433 e. The second-order valence-corrected chi connectivity index (χ2v) is 3.36. The van der Waals surface area contributed by atoms with Crippen LogP contribution in [-0.2, 0) is 4.74 Å². The van der Waals surface area contributed by atoms with E-state index in [1.165, 1.54) is 0 Å². The molecule has 0 amide bonds. The van der Waals surface area contributed by atoms with Crippen LogP contribution in [0.15, 0.2) is 10.6 Å². The van der Waals surface area contributed by atoms with Crippen molar-refractivity contribution in [2.24, 2.45) is 0 Å². The van der Waals surface area contributed by atoms with Crippen molar-refractivity contribution in [3.8, 4) is 0 Å². The molecular weight excluding hydrogens is 182 g/mol. The molecule has 1 aliphatic rings. The lowest BCUT2D eigenvalue weighted by Gasteiger charge is -2.16. The lowest BCUT2D eigenvalue weighted by atomic mass is 10.1. The van der Waals surface area contributed by atoms with Crippen molar-refractivity contribution in [3.05, 3.63) is 10.6 Å². The molecule has 2 nitrogen and oxygen atoms in total. The van der Waals surface area contributed by atoms with Crippen molar-refractivity contribution in [2.75, 3.05) is 0 Å². The first-order valence-corrected chi connectivity index (χ1v) is 3.51. The van der Waals surface area contributed by atoms with E-state index >= 15 is 0 Å². The molecule has 0 aromatic rings. The molecule has 0 saturated carbocycles. The highest BCUT2D eigenvalue weighted by Crippen LogP contribution is 2.30. The summed E-state index contributed by atoms with van der Waals surface area (Å²) < 4.78 is 6.21. The SMILES string of the molecule is CC1(C)OC(=[NH2+])C=C1Br. The Hall–Kier alpha value is -0.310. The van der Waals surface area contributed by atoms with Crippen LogP contribution >= 0.6 is 15.9 Å². The summed E-state index contributed by atoms with van der Waals surface area (Å²) >= 11 is 3.34. The van der Waals surface area contributed by atoms with E-state index in [9.17, 15) is 0 Å². The van der Waals surface area contributed by atoms with E-state index in [2.05, 4.69) is 15.9 Å². The summed E-state index contributed by atoms with van der Waals surface area (Å²) in [5.41, 5.74) is -0.260. The first kappa shape index (κ1) is 6.81. The topological polar surface area (TPSA) is 34.8 Å². The Labute approximate surface area is 62.5 Å². The molecule has 0 aliphatic carbocycles. The molecule has 2 N–H and O–H groups in total. The smallest absolute Gasteiger partial charge is 0.360 e. The molecule has 0 aromatic heterocycles. The molecule has 0 saturated heterocycles. The van der Waals surface area contributed by atoms with Gasteiger partial charge in [-0.1, -0.05) is 15.9 Å². The maximum atomic E-state index is 5.39. The summed E-state index contributed by atoms with van der Waals surface area (Å²) in [4.78, 5) is 0. The van der Waals surface area contributed by atoms with Gasteiger partial charge in [0.1, 0.15) is 5.60 Å². The average Bonchev–Trinajstić information content (AvgIpc) is 1.79.